The van der Waals surface area contributed by atoms with Gasteiger partial charge in [-0.3, -0.25) is 9.48 Å². The minimum absolute atomic E-state index is 0.0231. The molecule has 1 aliphatic rings. The van der Waals surface area contributed by atoms with Crippen molar-refractivity contribution in [2.24, 2.45) is 0 Å². The molecule has 0 unspecified atom stereocenters. The van der Waals surface area contributed by atoms with Crippen molar-refractivity contribution in [2.75, 3.05) is 6.54 Å². The third-order valence-electron chi connectivity index (χ3n) is 4.88. The van der Waals surface area contributed by atoms with E-state index in [1.54, 1.807) is 0 Å². The van der Waals surface area contributed by atoms with Crippen LogP contribution in [0.15, 0.2) is 36.9 Å². The van der Waals surface area contributed by atoms with Gasteiger partial charge < -0.3 is 9.30 Å². The summed E-state index contributed by atoms with van der Waals surface area (Å²) in [6.07, 6.45) is 10.9. The molecule has 3 aromatic heterocycles. The van der Waals surface area contributed by atoms with Crippen molar-refractivity contribution in [2.45, 2.75) is 45.7 Å². The van der Waals surface area contributed by atoms with Crippen LogP contribution in [0.2, 0.25) is 0 Å². The number of aromatic nitrogens is 4. The Morgan fingerprint density at radius 2 is 2.12 bits per heavy atom. The molecule has 25 heavy (non-hydrogen) atoms. The van der Waals surface area contributed by atoms with Crippen molar-refractivity contribution < 1.29 is 4.79 Å². The molecule has 130 valence electrons. The molecule has 6 heteroatoms. The number of imidazole rings is 1. The van der Waals surface area contributed by atoms with Crippen LogP contribution >= 0.6 is 0 Å². The second kappa shape index (κ2) is 6.35. The summed E-state index contributed by atoms with van der Waals surface area (Å²) in [7, 11) is 0. The van der Waals surface area contributed by atoms with Gasteiger partial charge >= 0.3 is 0 Å². The van der Waals surface area contributed by atoms with Gasteiger partial charge in [0.15, 0.2) is 0 Å². The van der Waals surface area contributed by atoms with Crippen molar-refractivity contribution in [3.05, 3.63) is 53.7 Å². The highest BCUT2D eigenvalue weighted by Gasteiger charge is 2.29. The van der Waals surface area contributed by atoms with Crippen molar-refractivity contribution in [1.82, 2.24) is 24.1 Å². The van der Waals surface area contributed by atoms with Gasteiger partial charge in [0.2, 0.25) is 0 Å². The smallest absolute Gasteiger partial charge is 0.274 e. The highest BCUT2D eigenvalue weighted by Crippen LogP contribution is 2.21. The summed E-state index contributed by atoms with van der Waals surface area (Å²) < 4.78 is 3.86. The molecule has 0 aliphatic carbocycles. The molecule has 0 saturated carbocycles. The van der Waals surface area contributed by atoms with E-state index in [0.29, 0.717) is 5.69 Å². The van der Waals surface area contributed by atoms with Gasteiger partial charge in [-0.25, -0.2) is 4.98 Å². The molecule has 0 N–H and O–H groups in total. The normalized spacial score (nSPS) is 18.0. The molecule has 1 amide bonds. The van der Waals surface area contributed by atoms with Gasteiger partial charge in [-0.2, -0.15) is 5.10 Å². The van der Waals surface area contributed by atoms with Gasteiger partial charge in [-0.1, -0.05) is 0 Å². The van der Waals surface area contributed by atoms with Crippen molar-refractivity contribution in [1.29, 1.82) is 0 Å². The molecular weight excluding hydrogens is 314 g/mol. The lowest BCUT2D eigenvalue weighted by atomic mass is 10.0. The van der Waals surface area contributed by atoms with Crippen molar-refractivity contribution >= 4 is 11.6 Å². The molecular formula is C19H23N5O. The number of piperidine rings is 1. The van der Waals surface area contributed by atoms with Gasteiger partial charge in [0.05, 0.1) is 18.8 Å². The van der Waals surface area contributed by atoms with E-state index in [1.807, 2.05) is 64.7 Å². The average Bonchev–Trinajstić information content (AvgIpc) is 3.20. The Balaban J connectivity index is 1.59. The van der Waals surface area contributed by atoms with Crippen LogP contribution in [0, 0.1) is 13.8 Å². The van der Waals surface area contributed by atoms with E-state index >= 15 is 0 Å². The van der Waals surface area contributed by atoms with Crippen LogP contribution in [0.4, 0.5) is 0 Å². The van der Waals surface area contributed by atoms with E-state index in [-0.39, 0.29) is 11.9 Å². The zero-order valence-electron chi connectivity index (χ0n) is 14.7. The van der Waals surface area contributed by atoms with E-state index in [1.165, 1.54) is 0 Å². The second-order valence-electron chi connectivity index (χ2n) is 6.98. The summed E-state index contributed by atoms with van der Waals surface area (Å²) >= 11 is 0. The summed E-state index contributed by atoms with van der Waals surface area (Å²) in [6.45, 7) is 5.59. The monoisotopic (exact) mass is 337 g/mol. The predicted octanol–water partition coefficient (Wildman–Crippen LogP) is 2.84. The summed E-state index contributed by atoms with van der Waals surface area (Å²) in [5.41, 5.74) is 3.63. The minimum Gasteiger partial charge on any atom is -0.332 e. The number of aryl methyl sites for hydroxylation is 2. The van der Waals surface area contributed by atoms with Crippen LogP contribution in [0.1, 0.15) is 40.9 Å². The Labute approximate surface area is 147 Å². The molecule has 1 atom stereocenters. The highest BCUT2D eigenvalue weighted by molar-refractivity contribution is 5.93. The molecule has 4 rings (SSSR count). The Bertz CT molecular complexity index is 910. The summed E-state index contributed by atoms with van der Waals surface area (Å²) in [4.78, 5) is 19.6. The number of pyridine rings is 1. The molecule has 1 saturated heterocycles. The summed E-state index contributed by atoms with van der Waals surface area (Å²) in [5.74, 6) is 0.0231. The highest BCUT2D eigenvalue weighted by atomic mass is 16.2. The second-order valence-corrected chi connectivity index (χ2v) is 6.98. The maximum absolute atomic E-state index is 13.1. The van der Waals surface area contributed by atoms with Crippen LogP contribution in [0.3, 0.4) is 0 Å². The fourth-order valence-electron chi connectivity index (χ4n) is 3.57. The van der Waals surface area contributed by atoms with Gasteiger partial charge in [0.25, 0.3) is 5.91 Å². The van der Waals surface area contributed by atoms with Crippen LogP contribution < -0.4 is 0 Å². The molecule has 0 spiro atoms. The maximum Gasteiger partial charge on any atom is 0.274 e. The first-order chi connectivity index (χ1) is 12.1. The van der Waals surface area contributed by atoms with Gasteiger partial charge in [-0.05, 0) is 56.4 Å². The average molecular weight is 337 g/mol. The van der Waals surface area contributed by atoms with Gasteiger partial charge in [0.1, 0.15) is 11.3 Å². The Hall–Kier alpha value is -2.63. The number of fused-ring (bicyclic) bond motifs is 1. The number of likely N-dealkylation sites (tertiary alicyclic amines) is 1. The topological polar surface area (TPSA) is 55.4 Å². The Morgan fingerprint density at radius 3 is 2.92 bits per heavy atom. The maximum atomic E-state index is 13.1. The SMILES string of the molecule is Cc1ccn2cc(C(=O)N3CCCC[C@@H]3Cn3cc(C)cn3)nc2c1. The first-order valence-electron chi connectivity index (χ1n) is 8.85. The largest absolute Gasteiger partial charge is 0.332 e. The van der Waals surface area contributed by atoms with Crippen LogP contribution in [0.5, 0.6) is 0 Å². The van der Waals surface area contributed by atoms with E-state index in [9.17, 15) is 4.79 Å². The standard InChI is InChI=1S/C19H23N5O/c1-14-6-8-22-13-17(21-18(22)9-14)19(25)24-7-4-3-5-16(24)12-23-11-15(2)10-20-23/h6,8-11,13,16H,3-5,7,12H2,1-2H3/t16-/m1/s1. The van der Waals surface area contributed by atoms with Crippen LogP contribution in [0.25, 0.3) is 5.65 Å². The number of hydrogen-bond donors (Lipinski definition) is 0. The quantitative estimate of drug-likeness (QED) is 0.738. The lowest BCUT2D eigenvalue weighted by Crippen LogP contribution is -2.46. The fourth-order valence-corrected chi connectivity index (χ4v) is 3.57. The fraction of sp³-hybridized carbons (Fsp3) is 0.421. The van der Waals surface area contributed by atoms with E-state index in [4.69, 9.17) is 0 Å². The molecule has 1 fully saturated rings. The molecule has 0 aromatic carbocycles. The van der Waals surface area contributed by atoms with E-state index in [0.717, 1.165) is 49.1 Å². The molecule has 1 aliphatic heterocycles. The number of carbonyl (C=O) groups excluding carboxylic acids is 1. The molecule has 6 nitrogen and oxygen atoms in total. The number of carbonyl (C=O) groups is 1. The molecule has 4 heterocycles. The predicted molar refractivity (Wildman–Crippen MR) is 95.6 cm³/mol. The van der Waals surface area contributed by atoms with Gasteiger partial charge in [-0.15, -0.1) is 0 Å². The molecule has 0 radical (unpaired) electrons. The number of nitrogens with zero attached hydrogens (tertiary/aromatic N) is 5. The third-order valence-corrected chi connectivity index (χ3v) is 4.88. The Kier molecular flexibility index (Phi) is 4.03. The molecule has 0 bridgehead atoms. The number of hydrogen-bond acceptors (Lipinski definition) is 3. The third kappa shape index (κ3) is 3.16. The van der Waals surface area contributed by atoms with Crippen LogP contribution in [-0.4, -0.2) is 42.6 Å². The lowest BCUT2D eigenvalue weighted by Gasteiger charge is -2.35. The zero-order chi connectivity index (χ0) is 17.4. The van der Waals surface area contributed by atoms with Gasteiger partial charge in [0, 0.05) is 25.1 Å². The molecule has 3 aromatic rings. The van der Waals surface area contributed by atoms with Crippen LogP contribution in [-0.2, 0) is 6.54 Å². The van der Waals surface area contributed by atoms with Crippen molar-refractivity contribution in [3.63, 3.8) is 0 Å². The zero-order valence-corrected chi connectivity index (χ0v) is 14.7. The minimum atomic E-state index is 0.0231. The van der Waals surface area contributed by atoms with Crippen molar-refractivity contribution in [3.8, 4) is 0 Å². The van der Waals surface area contributed by atoms with E-state index in [2.05, 4.69) is 10.1 Å². The van der Waals surface area contributed by atoms with E-state index < -0.39 is 0 Å². The number of rotatable bonds is 3. The summed E-state index contributed by atoms with van der Waals surface area (Å²) in [6, 6.07) is 4.19. The summed E-state index contributed by atoms with van der Waals surface area (Å²) in [5, 5.41) is 4.38. The Morgan fingerprint density at radius 1 is 1.24 bits per heavy atom. The first kappa shape index (κ1) is 15.9. The first-order valence-corrected chi connectivity index (χ1v) is 8.85. The number of amides is 1. The lowest BCUT2D eigenvalue weighted by molar-refractivity contribution is 0.0578.